The fraction of sp³-hybridized carbons (Fsp3) is 0.467. The van der Waals surface area contributed by atoms with Gasteiger partial charge in [0.1, 0.15) is 11.5 Å². The van der Waals surface area contributed by atoms with Crippen LogP contribution in [0.25, 0.3) is 0 Å². The minimum atomic E-state index is -0.863. The lowest BCUT2D eigenvalue weighted by Crippen LogP contribution is -2.37. The number of hydrogen-bond acceptors (Lipinski definition) is 4. The van der Waals surface area contributed by atoms with Crippen LogP contribution in [0.15, 0.2) is 24.3 Å². The predicted molar refractivity (Wildman–Crippen MR) is 81.4 cm³/mol. The van der Waals surface area contributed by atoms with Crippen molar-refractivity contribution in [2.75, 3.05) is 26.8 Å². The van der Waals surface area contributed by atoms with Gasteiger partial charge < -0.3 is 25.2 Å². The van der Waals surface area contributed by atoms with Gasteiger partial charge in [-0.05, 0) is 37.1 Å². The van der Waals surface area contributed by atoms with E-state index >= 15 is 0 Å². The minimum Gasteiger partial charge on any atom is -0.497 e. The number of hydrogen-bond donors (Lipinski definition) is 3. The third kappa shape index (κ3) is 7.98. The number of carbonyl (C=O) groups is 2. The van der Waals surface area contributed by atoms with E-state index in [1.807, 2.05) is 24.3 Å². The molecule has 1 aromatic carbocycles. The van der Waals surface area contributed by atoms with Crippen LogP contribution in [0.4, 0.5) is 4.79 Å². The first-order valence-electron chi connectivity index (χ1n) is 7.12. The van der Waals surface area contributed by atoms with Crippen molar-refractivity contribution >= 4 is 12.0 Å². The summed E-state index contributed by atoms with van der Waals surface area (Å²) in [6, 6.07) is 6.98. The van der Waals surface area contributed by atoms with Gasteiger partial charge in [-0.2, -0.15) is 0 Å². The van der Waals surface area contributed by atoms with Crippen molar-refractivity contribution < 1.29 is 24.2 Å². The Labute approximate surface area is 129 Å². The molecule has 0 bridgehead atoms. The highest BCUT2D eigenvalue weighted by Crippen LogP contribution is 2.16. The summed E-state index contributed by atoms with van der Waals surface area (Å²) in [6.45, 7) is 1.33. The lowest BCUT2D eigenvalue weighted by molar-refractivity contribution is -0.137. The highest BCUT2D eigenvalue weighted by Gasteiger charge is 2.01. The zero-order valence-corrected chi connectivity index (χ0v) is 12.6. The van der Waals surface area contributed by atoms with E-state index in [-0.39, 0.29) is 12.5 Å². The predicted octanol–water partition coefficient (Wildman–Crippen LogP) is 1.63. The number of carboxylic acid groups (broad SMARTS) is 1. The molecule has 1 aromatic rings. The molecule has 0 aliphatic heterocycles. The van der Waals surface area contributed by atoms with E-state index in [9.17, 15) is 9.59 Å². The monoisotopic (exact) mass is 310 g/mol. The zero-order chi connectivity index (χ0) is 16.2. The van der Waals surface area contributed by atoms with Crippen molar-refractivity contribution in [3.63, 3.8) is 0 Å². The van der Waals surface area contributed by atoms with Crippen LogP contribution in [-0.4, -0.2) is 43.9 Å². The van der Waals surface area contributed by atoms with Crippen LogP contribution in [0.1, 0.15) is 19.3 Å². The second kappa shape index (κ2) is 10.3. The van der Waals surface area contributed by atoms with Gasteiger partial charge in [-0.25, -0.2) is 4.79 Å². The summed E-state index contributed by atoms with van der Waals surface area (Å²) >= 11 is 0. The first-order valence-corrected chi connectivity index (χ1v) is 7.12. The van der Waals surface area contributed by atoms with Crippen LogP contribution in [0.3, 0.4) is 0 Å². The quantitative estimate of drug-likeness (QED) is 0.571. The lowest BCUT2D eigenvalue weighted by atomic mass is 10.3. The van der Waals surface area contributed by atoms with Gasteiger partial charge in [-0.1, -0.05) is 0 Å². The van der Waals surface area contributed by atoms with Crippen LogP contribution in [-0.2, 0) is 4.79 Å². The average molecular weight is 310 g/mol. The van der Waals surface area contributed by atoms with E-state index in [0.717, 1.165) is 11.5 Å². The summed E-state index contributed by atoms with van der Waals surface area (Å²) in [5, 5.41) is 13.7. The number of benzene rings is 1. The molecule has 0 saturated carbocycles. The van der Waals surface area contributed by atoms with Crippen molar-refractivity contribution in [2.45, 2.75) is 19.3 Å². The lowest BCUT2D eigenvalue weighted by Gasteiger charge is -2.09. The highest BCUT2D eigenvalue weighted by atomic mass is 16.5. The molecule has 0 aliphatic carbocycles. The molecule has 0 saturated heterocycles. The first kappa shape index (κ1) is 17.6. The summed E-state index contributed by atoms with van der Waals surface area (Å²) in [5.41, 5.74) is 0. The maximum atomic E-state index is 11.4. The molecular weight excluding hydrogens is 288 g/mol. The Balaban J connectivity index is 2.02. The van der Waals surface area contributed by atoms with Crippen LogP contribution < -0.4 is 20.1 Å². The molecule has 0 atom stereocenters. The number of carboxylic acids is 1. The summed E-state index contributed by atoms with van der Waals surface area (Å²) < 4.78 is 10.6. The summed E-state index contributed by atoms with van der Waals surface area (Å²) in [6.07, 6.45) is 1.15. The van der Waals surface area contributed by atoms with Gasteiger partial charge in [-0.3, -0.25) is 4.79 Å². The Morgan fingerprint density at radius 2 is 1.64 bits per heavy atom. The van der Waals surface area contributed by atoms with Gasteiger partial charge in [0.2, 0.25) is 0 Å². The molecule has 0 heterocycles. The van der Waals surface area contributed by atoms with E-state index in [2.05, 4.69) is 10.6 Å². The van der Waals surface area contributed by atoms with E-state index in [4.69, 9.17) is 14.6 Å². The van der Waals surface area contributed by atoms with Gasteiger partial charge in [0.25, 0.3) is 0 Å². The molecule has 0 aromatic heterocycles. The van der Waals surface area contributed by atoms with Crippen molar-refractivity contribution in [1.29, 1.82) is 0 Å². The Morgan fingerprint density at radius 1 is 1.05 bits per heavy atom. The summed E-state index contributed by atoms with van der Waals surface area (Å²) in [7, 11) is 1.61. The van der Waals surface area contributed by atoms with Gasteiger partial charge in [0, 0.05) is 19.5 Å². The number of carbonyl (C=O) groups excluding carboxylic acids is 1. The van der Waals surface area contributed by atoms with Crippen molar-refractivity contribution in [3.8, 4) is 11.5 Å². The van der Waals surface area contributed by atoms with E-state index < -0.39 is 5.97 Å². The first-order chi connectivity index (χ1) is 10.6. The molecule has 122 valence electrons. The number of methoxy groups -OCH3 is 1. The molecule has 0 unspecified atom stereocenters. The number of urea groups is 1. The summed E-state index contributed by atoms with van der Waals surface area (Å²) in [5.74, 6) is 0.658. The van der Waals surface area contributed by atoms with Gasteiger partial charge in [-0.15, -0.1) is 0 Å². The van der Waals surface area contributed by atoms with Gasteiger partial charge in [0.15, 0.2) is 0 Å². The number of nitrogens with one attached hydrogen (secondary N) is 2. The molecule has 0 radical (unpaired) electrons. The third-order valence-corrected chi connectivity index (χ3v) is 2.79. The fourth-order valence-electron chi connectivity index (χ4n) is 1.64. The van der Waals surface area contributed by atoms with Crippen LogP contribution in [0.2, 0.25) is 0 Å². The third-order valence-electron chi connectivity index (χ3n) is 2.79. The number of rotatable bonds is 10. The molecule has 1 rings (SSSR count). The normalized spacial score (nSPS) is 9.86. The van der Waals surface area contributed by atoms with Crippen molar-refractivity contribution in [3.05, 3.63) is 24.3 Å². The van der Waals surface area contributed by atoms with Crippen LogP contribution >= 0.6 is 0 Å². The summed E-state index contributed by atoms with van der Waals surface area (Å²) in [4.78, 5) is 21.7. The number of ether oxygens (including phenoxy) is 2. The van der Waals surface area contributed by atoms with Crippen molar-refractivity contribution in [1.82, 2.24) is 10.6 Å². The van der Waals surface area contributed by atoms with Crippen LogP contribution in [0.5, 0.6) is 11.5 Å². The Morgan fingerprint density at radius 3 is 2.23 bits per heavy atom. The van der Waals surface area contributed by atoms with E-state index in [0.29, 0.717) is 32.5 Å². The van der Waals surface area contributed by atoms with E-state index in [1.165, 1.54) is 0 Å². The molecule has 0 spiro atoms. The average Bonchev–Trinajstić information content (AvgIpc) is 2.51. The number of aliphatic carboxylic acids is 1. The Bertz CT molecular complexity index is 462. The topological polar surface area (TPSA) is 96.9 Å². The Kier molecular flexibility index (Phi) is 8.25. The molecule has 3 N–H and O–H groups in total. The van der Waals surface area contributed by atoms with Crippen LogP contribution in [0, 0.1) is 0 Å². The van der Waals surface area contributed by atoms with E-state index in [1.54, 1.807) is 7.11 Å². The maximum absolute atomic E-state index is 11.4. The Hall–Kier alpha value is -2.44. The largest absolute Gasteiger partial charge is 0.497 e. The molecule has 2 amide bonds. The minimum absolute atomic E-state index is 0.0516. The highest BCUT2D eigenvalue weighted by molar-refractivity contribution is 5.73. The molecule has 22 heavy (non-hydrogen) atoms. The number of amides is 2. The van der Waals surface area contributed by atoms with Gasteiger partial charge >= 0.3 is 12.0 Å². The maximum Gasteiger partial charge on any atom is 0.314 e. The van der Waals surface area contributed by atoms with Gasteiger partial charge in [0.05, 0.1) is 13.7 Å². The second-order valence-electron chi connectivity index (χ2n) is 4.56. The molecule has 7 nitrogen and oxygen atoms in total. The second-order valence-corrected chi connectivity index (χ2v) is 4.56. The SMILES string of the molecule is COc1ccc(OCCCNC(=O)NCCCC(=O)O)cc1. The zero-order valence-electron chi connectivity index (χ0n) is 12.6. The van der Waals surface area contributed by atoms with Crippen molar-refractivity contribution in [2.24, 2.45) is 0 Å². The molecule has 0 aliphatic rings. The standard InChI is InChI=1S/C15H22N2O5/c1-21-12-5-7-13(8-6-12)22-11-3-10-17-15(20)16-9-2-4-14(18)19/h5-8H,2-4,9-11H2,1H3,(H,18,19)(H2,16,17,20). The molecule has 0 fully saturated rings. The molecule has 7 heteroatoms. The molecular formula is C15H22N2O5. The fourth-order valence-corrected chi connectivity index (χ4v) is 1.64. The smallest absolute Gasteiger partial charge is 0.314 e.